The average molecular weight is 433 g/mol. The van der Waals surface area contributed by atoms with E-state index in [1.54, 1.807) is 22.8 Å². The van der Waals surface area contributed by atoms with E-state index in [4.69, 9.17) is 0 Å². The third-order valence-electron chi connectivity index (χ3n) is 4.84. The van der Waals surface area contributed by atoms with Crippen molar-refractivity contribution in [1.82, 2.24) is 14.8 Å². The molecule has 0 radical (unpaired) electrons. The molecule has 31 heavy (non-hydrogen) atoms. The van der Waals surface area contributed by atoms with Gasteiger partial charge in [0.2, 0.25) is 5.91 Å². The second-order valence-electron chi connectivity index (χ2n) is 7.06. The van der Waals surface area contributed by atoms with Crippen LogP contribution in [0.15, 0.2) is 78.0 Å². The monoisotopic (exact) mass is 432 g/mol. The molecule has 1 aromatic heterocycles. The highest BCUT2D eigenvalue weighted by Crippen LogP contribution is 2.29. The summed E-state index contributed by atoms with van der Waals surface area (Å²) in [5.41, 5.74) is 3.99. The highest BCUT2D eigenvalue weighted by Gasteiger charge is 2.19. The van der Waals surface area contributed by atoms with Crippen LogP contribution in [0.25, 0.3) is 17.1 Å². The lowest BCUT2D eigenvalue weighted by Gasteiger charge is -2.12. The molecule has 0 saturated heterocycles. The van der Waals surface area contributed by atoms with Gasteiger partial charge in [0.05, 0.1) is 11.3 Å². The number of carbonyl (C=O) groups excluding carboxylic acids is 1. The summed E-state index contributed by atoms with van der Waals surface area (Å²) in [7, 11) is 0. The lowest BCUT2D eigenvalue weighted by molar-refractivity contribution is -0.113. The Morgan fingerprint density at radius 2 is 1.61 bits per heavy atom. The minimum atomic E-state index is -0.378. The lowest BCUT2D eigenvalue weighted by Crippen LogP contribution is -2.16. The molecule has 1 heterocycles. The summed E-state index contributed by atoms with van der Waals surface area (Å²) in [6.45, 7) is 3.92. The minimum Gasteiger partial charge on any atom is -0.325 e. The van der Waals surface area contributed by atoms with Crippen molar-refractivity contribution in [2.45, 2.75) is 19.0 Å². The molecule has 0 bridgehead atoms. The Balaban J connectivity index is 1.62. The summed E-state index contributed by atoms with van der Waals surface area (Å²) < 4.78 is 16.2. The van der Waals surface area contributed by atoms with Crippen LogP contribution in [0.5, 0.6) is 0 Å². The van der Waals surface area contributed by atoms with Crippen LogP contribution < -0.4 is 5.32 Å². The van der Waals surface area contributed by atoms with Gasteiger partial charge in [0.15, 0.2) is 11.0 Å². The Bertz CT molecular complexity index is 1200. The summed E-state index contributed by atoms with van der Waals surface area (Å²) in [4.78, 5) is 12.6. The van der Waals surface area contributed by atoms with Gasteiger partial charge < -0.3 is 5.32 Å². The number of aromatic nitrogens is 3. The highest BCUT2D eigenvalue weighted by molar-refractivity contribution is 7.99. The van der Waals surface area contributed by atoms with Crippen molar-refractivity contribution in [2.24, 2.45) is 0 Å². The van der Waals surface area contributed by atoms with E-state index in [-0.39, 0.29) is 17.5 Å². The number of hydrogen-bond acceptors (Lipinski definition) is 4. The number of amides is 1. The average Bonchev–Trinajstić information content (AvgIpc) is 3.19. The van der Waals surface area contributed by atoms with Gasteiger partial charge in [0.25, 0.3) is 0 Å². The molecule has 156 valence electrons. The van der Waals surface area contributed by atoms with Crippen LogP contribution in [0.3, 0.4) is 0 Å². The van der Waals surface area contributed by atoms with Gasteiger partial charge in [-0.05, 0) is 49.2 Å². The molecule has 1 N–H and O–H groups in total. The van der Waals surface area contributed by atoms with Gasteiger partial charge in [-0.2, -0.15) is 0 Å². The SMILES string of the molecule is Cc1cccc(C)c1NC(=O)CSc1nnc(-c2ccccc2F)n1-c1ccccc1. The van der Waals surface area contributed by atoms with Crippen molar-refractivity contribution in [3.8, 4) is 17.1 Å². The standard InChI is InChI=1S/C24H21FN4OS/c1-16-9-8-10-17(2)22(16)26-21(30)15-31-24-28-27-23(19-13-6-7-14-20(19)25)29(24)18-11-4-3-5-12-18/h3-14H,15H2,1-2H3,(H,26,30). The zero-order chi connectivity index (χ0) is 21.8. The number of carbonyl (C=O) groups is 1. The number of nitrogens with zero attached hydrogens (tertiary/aromatic N) is 3. The second kappa shape index (κ2) is 9.14. The first-order chi connectivity index (χ1) is 15.0. The van der Waals surface area contributed by atoms with Gasteiger partial charge in [0.1, 0.15) is 5.82 Å². The van der Waals surface area contributed by atoms with E-state index in [9.17, 15) is 9.18 Å². The summed E-state index contributed by atoms with van der Waals surface area (Å²) in [5, 5.41) is 12.0. The number of halogens is 1. The topological polar surface area (TPSA) is 59.8 Å². The van der Waals surface area contributed by atoms with E-state index in [1.807, 2.05) is 62.4 Å². The molecule has 0 fully saturated rings. The van der Waals surface area contributed by atoms with Gasteiger partial charge in [-0.25, -0.2) is 4.39 Å². The summed E-state index contributed by atoms with van der Waals surface area (Å²) in [5.74, 6) is 0.0199. The fourth-order valence-electron chi connectivity index (χ4n) is 3.31. The molecule has 7 heteroatoms. The predicted octanol–water partition coefficient (Wildman–Crippen LogP) is 5.42. The molecule has 0 unspecified atom stereocenters. The van der Waals surface area contributed by atoms with Crippen molar-refractivity contribution in [2.75, 3.05) is 11.1 Å². The van der Waals surface area contributed by atoms with E-state index in [0.29, 0.717) is 16.5 Å². The number of nitrogens with one attached hydrogen (secondary N) is 1. The van der Waals surface area contributed by atoms with E-state index in [1.165, 1.54) is 17.8 Å². The molecule has 0 spiro atoms. The fourth-order valence-corrected chi connectivity index (χ4v) is 4.06. The van der Waals surface area contributed by atoms with Crippen molar-refractivity contribution < 1.29 is 9.18 Å². The molecular weight excluding hydrogens is 411 g/mol. The zero-order valence-electron chi connectivity index (χ0n) is 17.2. The third-order valence-corrected chi connectivity index (χ3v) is 5.77. The van der Waals surface area contributed by atoms with Gasteiger partial charge in [-0.15, -0.1) is 10.2 Å². The van der Waals surface area contributed by atoms with Crippen molar-refractivity contribution >= 4 is 23.4 Å². The second-order valence-corrected chi connectivity index (χ2v) is 8.00. The Labute approximate surface area is 184 Å². The third kappa shape index (κ3) is 4.51. The molecule has 5 nitrogen and oxygen atoms in total. The number of aryl methyl sites for hydroxylation is 2. The molecule has 0 aliphatic rings. The maximum atomic E-state index is 14.5. The number of anilines is 1. The molecule has 4 rings (SSSR count). The summed E-state index contributed by atoms with van der Waals surface area (Å²) in [6, 6.07) is 21.8. The Morgan fingerprint density at radius 1 is 0.935 bits per heavy atom. The number of thioether (sulfide) groups is 1. The van der Waals surface area contributed by atoms with Gasteiger partial charge >= 0.3 is 0 Å². The Kier molecular flexibility index (Phi) is 6.13. The molecular formula is C24H21FN4OS. The first-order valence-electron chi connectivity index (χ1n) is 9.79. The van der Waals surface area contributed by atoms with Crippen LogP contribution in [0, 0.1) is 19.7 Å². The Morgan fingerprint density at radius 3 is 2.32 bits per heavy atom. The molecule has 4 aromatic rings. The highest BCUT2D eigenvalue weighted by atomic mass is 32.2. The number of para-hydroxylation sites is 2. The normalized spacial score (nSPS) is 10.8. The summed E-state index contributed by atoms with van der Waals surface area (Å²) >= 11 is 1.26. The van der Waals surface area contributed by atoms with Gasteiger partial charge in [-0.1, -0.05) is 60.3 Å². The smallest absolute Gasteiger partial charge is 0.234 e. The minimum absolute atomic E-state index is 0.141. The first-order valence-corrected chi connectivity index (χ1v) is 10.8. The number of hydrogen-bond donors (Lipinski definition) is 1. The van der Waals surface area contributed by atoms with Crippen LogP contribution in [-0.4, -0.2) is 26.4 Å². The fraction of sp³-hybridized carbons (Fsp3) is 0.125. The number of rotatable bonds is 6. The predicted molar refractivity (Wildman–Crippen MR) is 122 cm³/mol. The van der Waals surface area contributed by atoms with Crippen LogP contribution in [0.1, 0.15) is 11.1 Å². The molecule has 3 aromatic carbocycles. The lowest BCUT2D eigenvalue weighted by atomic mass is 10.1. The van der Waals surface area contributed by atoms with Crippen molar-refractivity contribution in [3.63, 3.8) is 0 Å². The zero-order valence-corrected chi connectivity index (χ0v) is 18.0. The number of benzene rings is 3. The molecule has 0 saturated carbocycles. The van der Waals surface area contributed by atoms with E-state index >= 15 is 0 Å². The molecule has 0 aliphatic heterocycles. The quantitative estimate of drug-likeness (QED) is 0.413. The maximum absolute atomic E-state index is 14.5. The first kappa shape index (κ1) is 20.8. The van der Waals surface area contributed by atoms with Crippen LogP contribution in [0.4, 0.5) is 10.1 Å². The van der Waals surface area contributed by atoms with Gasteiger partial charge in [-0.3, -0.25) is 9.36 Å². The Hall–Kier alpha value is -3.45. The van der Waals surface area contributed by atoms with Gasteiger partial charge in [0, 0.05) is 11.4 Å². The van der Waals surface area contributed by atoms with Crippen LogP contribution in [-0.2, 0) is 4.79 Å². The largest absolute Gasteiger partial charge is 0.325 e. The molecule has 1 amide bonds. The van der Waals surface area contributed by atoms with Crippen LogP contribution in [0.2, 0.25) is 0 Å². The molecule has 0 atom stereocenters. The van der Waals surface area contributed by atoms with Crippen LogP contribution >= 0.6 is 11.8 Å². The van der Waals surface area contributed by atoms with E-state index in [2.05, 4.69) is 15.5 Å². The maximum Gasteiger partial charge on any atom is 0.234 e. The van der Waals surface area contributed by atoms with E-state index < -0.39 is 0 Å². The van der Waals surface area contributed by atoms with Crippen molar-refractivity contribution in [3.05, 3.63) is 89.7 Å². The summed E-state index contributed by atoms with van der Waals surface area (Å²) in [6.07, 6.45) is 0. The molecule has 0 aliphatic carbocycles. The van der Waals surface area contributed by atoms with Crippen molar-refractivity contribution in [1.29, 1.82) is 0 Å². The van der Waals surface area contributed by atoms with E-state index in [0.717, 1.165) is 22.5 Å².